The van der Waals surface area contributed by atoms with E-state index in [-0.39, 0.29) is 17.3 Å². The first-order chi connectivity index (χ1) is 10.2. The second kappa shape index (κ2) is 5.32. The molecule has 4 nitrogen and oxygen atoms in total. The van der Waals surface area contributed by atoms with Crippen molar-refractivity contribution in [3.8, 4) is 17.2 Å². The first kappa shape index (κ1) is 13.2. The molecule has 2 aromatic rings. The van der Waals surface area contributed by atoms with Gasteiger partial charge in [-0.3, -0.25) is 4.79 Å². The Labute approximate surface area is 122 Å². The summed E-state index contributed by atoms with van der Waals surface area (Å²) >= 11 is 0. The van der Waals surface area contributed by atoms with E-state index >= 15 is 0 Å². The summed E-state index contributed by atoms with van der Waals surface area (Å²) in [6.45, 7) is 2.29. The maximum Gasteiger partial charge on any atom is 0.231 e. The number of Topliss-reactive ketones (excluding diaryl/α,β-unsaturated/α-hetero) is 1. The minimum absolute atomic E-state index is 0.0703. The van der Waals surface area contributed by atoms with Crippen LogP contribution in [0.2, 0.25) is 0 Å². The van der Waals surface area contributed by atoms with Crippen molar-refractivity contribution in [3.05, 3.63) is 59.4 Å². The average molecular weight is 282 g/mol. The van der Waals surface area contributed by atoms with Gasteiger partial charge in [0, 0.05) is 0 Å². The topological polar surface area (TPSA) is 55.8 Å². The van der Waals surface area contributed by atoms with Crippen molar-refractivity contribution in [2.24, 2.45) is 0 Å². The Balaban J connectivity index is 1.94. The fraction of sp³-hybridized carbons (Fsp3) is 0.118. The van der Waals surface area contributed by atoms with Gasteiger partial charge in [0.05, 0.1) is 12.2 Å². The number of ketones is 1. The van der Waals surface area contributed by atoms with Crippen LogP contribution in [0.5, 0.6) is 17.2 Å². The van der Waals surface area contributed by atoms with E-state index in [2.05, 4.69) is 0 Å². The highest BCUT2D eigenvalue weighted by molar-refractivity contribution is 6.14. The largest absolute Gasteiger partial charge is 0.504 e. The summed E-state index contributed by atoms with van der Waals surface area (Å²) in [7, 11) is 0. The van der Waals surface area contributed by atoms with Crippen LogP contribution in [0.3, 0.4) is 0 Å². The molecule has 4 heteroatoms. The van der Waals surface area contributed by atoms with E-state index in [4.69, 9.17) is 9.47 Å². The highest BCUT2D eigenvalue weighted by atomic mass is 16.5. The molecule has 0 radical (unpaired) electrons. The molecule has 1 heterocycles. The zero-order valence-corrected chi connectivity index (χ0v) is 11.5. The summed E-state index contributed by atoms with van der Waals surface area (Å²) < 4.78 is 10.9. The van der Waals surface area contributed by atoms with E-state index in [1.54, 1.807) is 36.4 Å². The predicted molar refractivity (Wildman–Crippen MR) is 78.7 cm³/mol. The minimum atomic E-state index is -0.142. The molecule has 0 atom stereocenters. The van der Waals surface area contributed by atoms with Crippen LogP contribution in [0, 0.1) is 0 Å². The molecular formula is C17H14O4. The Morgan fingerprint density at radius 2 is 2.05 bits per heavy atom. The zero-order valence-electron chi connectivity index (χ0n) is 11.5. The molecule has 0 aliphatic carbocycles. The molecule has 1 aliphatic rings. The molecule has 1 N–H and O–H groups in total. The number of para-hydroxylation sites is 1. The number of hydrogen-bond donors (Lipinski definition) is 1. The van der Waals surface area contributed by atoms with Crippen molar-refractivity contribution in [1.29, 1.82) is 0 Å². The number of allylic oxidation sites excluding steroid dienone is 1. The Kier molecular flexibility index (Phi) is 3.36. The van der Waals surface area contributed by atoms with Gasteiger partial charge in [-0.2, -0.15) is 0 Å². The highest BCUT2D eigenvalue weighted by Crippen LogP contribution is 2.33. The Hall–Kier alpha value is -2.75. The molecule has 21 heavy (non-hydrogen) atoms. The van der Waals surface area contributed by atoms with E-state index in [0.717, 1.165) is 5.56 Å². The fourth-order valence-electron chi connectivity index (χ4n) is 2.18. The number of rotatable bonds is 3. The first-order valence-corrected chi connectivity index (χ1v) is 6.68. The van der Waals surface area contributed by atoms with Crippen LogP contribution in [0.4, 0.5) is 0 Å². The van der Waals surface area contributed by atoms with Gasteiger partial charge in [0.2, 0.25) is 5.78 Å². The van der Waals surface area contributed by atoms with E-state index in [1.807, 2.05) is 13.0 Å². The van der Waals surface area contributed by atoms with Gasteiger partial charge in [0.25, 0.3) is 0 Å². The molecule has 0 amide bonds. The molecule has 1 aliphatic heterocycles. The van der Waals surface area contributed by atoms with Crippen molar-refractivity contribution in [2.75, 3.05) is 6.61 Å². The van der Waals surface area contributed by atoms with E-state index in [0.29, 0.717) is 23.7 Å². The molecule has 0 bridgehead atoms. The standard InChI is InChI=1S/C17H14O4/c1-2-20-15-9-11(7-8-13(15)18)10-16-17(19)12-5-3-4-6-14(12)21-16/h3-10,18H,2H2,1H3/b16-10-. The Morgan fingerprint density at radius 3 is 2.81 bits per heavy atom. The number of phenolic OH excluding ortho intramolecular Hbond substituents is 1. The highest BCUT2D eigenvalue weighted by Gasteiger charge is 2.26. The maximum absolute atomic E-state index is 12.2. The van der Waals surface area contributed by atoms with Crippen molar-refractivity contribution >= 4 is 11.9 Å². The van der Waals surface area contributed by atoms with Crippen LogP contribution in [-0.4, -0.2) is 17.5 Å². The summed E-state index contributed by atoms with van der Waals surface area (Å²) in [4.78, 5) is 12.2. The number of hydrogen-bond acceptors (Lipinski definition) is 4. The third-order valence-corrected chi connectivity index (χ3v) is 3.16. The van der Waals surface area contributed by atoms with Gasteiger partial charge >= 0.3 is 0 Å². The lowest BCUT2D eigenvalue weighted by Crippen LogP contribution is -1.98. The van der Waals surface area contributed by atoms with Crippen molar-refractivity contribution < 1.29 is 19.4 Å². The number of carbonyl (C=O) groups is 1. The fourth-order valence-corrected chi connectivity index (χ4v) is 2.18. The molecule has 0 saturated heterocycles. The Morgan fingerprint density at radius 1 is 1.24 bits per heavy atom. The van der Waals surface area contributed by atoms with Crippen molar-refractivity contribution in [3.63, 3.8) is 0 Å². The lowest BCUT2D eigenvalue weighted by molar-refractivity contribution is 0.101. The minimum Gasteiger partial charge on any atom is -0.504 e. The lowest BCUT2D eigenvalue weighted by Gasteiger charge is -2.06. The number of benzene rings is 2. The summed E-state index contributed by atoms with van der Waals surface area (Å²) in [5.74, 6) is 1.15. The third-order valence-electron chi connectivity index (χ3n) is 3.16. The number of ether oxygens (including phenoxy) is 2. The summed E-state index contributed by atoms with van der Waals surface area (Å²) in [5, 5.41) is 9.68. The van der Waals surface area contributed by atoms with Gasteiger partial charge in [-0.05, 0) is 42.8 Å². The lowest BCUT2D eigenvalue weighted by atomic mass is 10.1. The van der Waals surface area contributed by atoms with Crippen LogP contribution in [-0.2, 0) is 0 Å². The summed E-state index contributed by atoms with van der Waals surface area (Å²) in [6, 6.07) is 12.0. The second-order valence-electron chi connectivity index (χ2n) is 4.60. The smallest absolute Gasteiger partial charge is 0.231 e. The average Bonchev–Trinajstić information content (AvgIpc) is 2.80. The molecule has 3 rings (SSSR count). The van der Waals surface area contributed by atoms with Gasteiger partial charge < -0.3 is 14.6 Å². The quantitative estimate of drug-likeness (QED) is 0.876. The number of aromatic hydroxyl groups is 1. The van der Waals surface area contributed by atoms with Crippen LogP contribution in [0.15, 0.2) is 48.2 Å². The van der Waals surface area contributed by atoms with Gasteiger partial charge in [-0.25, -0.2) is 0 Å². The first-order valence-electron chi connectivity index (χ1n) is 6.68. The molecule has 0 fully saturated rings. The van der Waals surface area contributed by atoms with Crippen LogP contribution in [0.25, 0.3) is 6.08 Å². The van der Waals surface area contributed by atoms with Crippen LogP contribution in [0.1, 0.15) is 22.8 Å². The van der Waals surface area contributed by atoms with Gasteiger partial charge in [0.1, 0.15) is 5.75 Å². The van der Waals surface area contributed by atoms with Crippen LogP contribution < -0.4 is 9.47 Å². The number of fused-ring (bicyclic) bond motifs is 1. The molecule has 0 saturated carbocycles. The third kappa shape index (κ3) is 2.48. The number of phenols is 1. The molecule has 106 valence electrons. The normalized spacial score (nSPS) is 14.9. The van der Waals surface area contributed by atoms with Gasteiger partial charge in [-0.1, -0.05) is 18.2 Å². The van der Waals surface area contributed by atoms with Crippen LogP contribution >= 0.6 is 0 Å². The zero-order chi connectivity index (χ0) is 14.8. The van der Waals surface area contributed by atoms with E-state index in [9.17, 15) is 9.90 Å². The monoisotopic (exact) mass is 282 g/mol. The Bertz CT molecular complexity index is 731. The number of carbonyl (C=O) groups excluding carboxylic acids is 1. The maximum atomic E-state index is 12.2. The van der Waals surface area contributed by atoms with Gasteiger partial charge in [-0.15, -0.1) is 0 Å². The second-order valence-corrected chi connectivity index (χ2v) is 4.60. The van der Waals surface area contributed by atoms with Crippen molar-refractivity contribution in [1.82, 2.24) is 0 Å². The van der Waals surface area contributed by atoms with Crippen molar-refractivity contribution in [2.45, 2.75) is 6.92 Å². The van der Waals surface area contributed by atoms with E-state index in [1.165, 1.54) is 6.07 Å². The van der Waals surface area contributed by atoms with Gasteiger partial charge in [0.15, 0.2) is 17.3 Å². The molecule has 2 aromatic carbocycles. The molecule has 0 aromatic heterocycles. The molecule has 0 unspecified atom stereocenters. The summed E-state index contributed by atoms with van der Waals surface area (Å²) in [6.07, 6.45) is 1.64. The van der Waals surface area contributed by atoms with E-state index < -0.39 is 0 Å². The molecular weight excluding hydrogens is 268 g/mol. The molecule has 0 spiro atoms. The predicted octanol–water partition coefficient (Wildman–Crippen LogP) is 3.41. The summed E-state index contributed by atoms with van der Waals surface area (Å²) in [5.41, 5.74) is 1.29. The SMILES string of the molecule is CCOc1cc(/C=C2\Oc3ccccc3C2=O)ccc1O.